The van der Waals surface area contributed by atoms with E-state index in [9.17, 15) is 0 Å². The van der Waals surface area contributed by atoms with Crippen LogP contribution in [0.25, 0.3) is 0 Å². The van der Waals surface area contributed by atoms with Gasteiger partial charge in [0.1, 0.15) is 0 Å². The summed E-state index contributed by atoms with van der Waals surface area (Å²) in [6.07, 6.45) is 3.78. The Hall–Kier alpha value is -0.730. The Morgan fingerprint density at radius 2 is 1.88 bits per heavy atom. The number of rotatable bonds is 2. The van der Waals surface area contributed by atoms with Crippen LogP contribution in [0.2, 0.25) is 0 Å². The molecule has 0 aromatic heterocycles. The molecule has 3 nitrogen and oxygen atoms in total. The lowest BCUT2D eigenvalue weighted by Gasteiger charge is -2.41. The molecule has 0 aromatic carbocycles. The maximum atomic E-state index is 4.70. The van der Waals surface area contributed by atoms with Crippen molar-refractivity contribution in [3.8, 4) is 0 Å². The van der Waals surface area contributed by atoms with E-state index in [0.29, 0.717) is 5.41 Å². The standard InChI is InChI=1S/C13H25N3/c1-13(2,3)6-11-16-10-5-9-15-8-4-7-14-12(15)16/h4-11H2,1-3H3. The second-order valence-corrected chi connectivity index (χ2v) is 6.17. The van der Waals surface area contributed by atoms with E-state index in [4.69, 9.17) is 4.99 Å². The quantitative estimate of drug-likeness (QED) is 0.714. The minimum atomic E-state index is 0.428. The van der Waals surface area contributed by atoms with Gasteiger partial charge >= 0.3 is 0 Å². The summed E-state index contributed by atoms with van der Waals surface area (Å²) < 4.78 is 0. The van der Waals surface area contributed by atoms with Crippen LogP contribution in [0.3, 0.4) is 0 Å². The van der Waals surface area contributed by atoms with Crippen molar-refractivity contribution in [1.82, 2.24) is 9.80 Å². The van der Waals surface area contributed by atoms with E-state index in [1.165, 1.54) is 51.4 Å². The van der Waals surface area contributed by atoms with E-state index in [1.54, 1.807) is 0 Å². The molecule has 0 aliphatic carbocycles. The number of hydrogen-bond acceptors (Lipinski definition) is 3. The van der Waals surface area contributed by atoms with Gasteiger partial charge in [0.2, 0.25) is 0 Å². The van der Waals surface area contributed by atoms with Gasteiger partial charge < -0.3 is 9.80 Å². The Labute approximate surface area is 99.5 Å². The van der Waals surface area contributed by atoms with Crippen LogP contribution in [-0.4, -0.2) is 48.5 Å². The highest BCUT2D eigenvalue weighted by molar-refractivity contribution is 5.81. The van der Waals surface area contributed by atoms with Gasteiger partial charge in [0.25, 0.3) is 0 Å². The molecule has 2 aliphatic heterocycles. The SMILES string of the molecule is CC(C)(C)CCN1CCCN2CCCN=C21. The molecule has 3 heteroatoms. The summed E-state index contributed by atoms with van der Waals surface area (Å²) in [7, 11) is 0. The van der Waals surface area contributed by atoms with E-state index < -0.39 is 0 Å². The first-order valence-electron chi connectivity index (χ1n) is 6.61. The summed E-state index contributed by atoms with van der Waals surface area (Å²) in [5.74, 6) is 1.28. The zero-order chi connectivity index (χ0) is 11.6. The first kappa shape index (κ1) is 11.7. The fourth-order valence-electron chi connectivity index (χ4n) is 2.39. The first-order valence-corrected chi connectivity index (χ1v) is 6.61. The molecule has 0 atom stereocenters. The topological polar surface area (TPSA) is 18.8 Å². The van der Waals surface area contributed by atoms with E-state index in [2.05, 4.69) is 30.6 Å². The third-order valence-electron chi connectivity index (χ3n) is 3.39. The van der Waals surface area contributed by atoms with Crippen molar-refractivity contribution in [2.24, 2.45) is 10.4 Å². The highest BCUT2D eigenvalue weighted by Crippen LogP contribution is 2.21. The molecule has 2 rings (SSSR count). The van der Waals surface area contributed by atoms with Crippen molar-refractivity contribution in [1.29, 1.82) is 0 Å². The van der Waals surface area contributed by atoms with Gasteiger partial charge in [-0.3, -0.25) is 4.99 Å². The molecule has 0 aromatic rings. The van der Waals surface area contributed by atoms with E-state index in [0.717, 1.165) is 6.54 Å². The molecular formula is C13H25N3. The van der Waals surface area contributed by atoms with Gasteiger partial charge in [-0.2, -0.15) is 0 Å². The summed E-state index contributed by atoms with van der Waals surface area (Å²) in [6, 6.07) is 0. The van der Waals surface area contributed by atoms with Gasteiger partial charge in [-0.15, -0.1) is 0 Å². The third-order valence-corrected chi connectivity index (χ3v) is 3.39. The fraction of sp³-hybridized carbons (Fsp3) is 0.923. The van der Waals surface area contributed by atoms with Gasteiger partial charge in [0, 0.05) is 32.7 Å². The summed E-state index contributed by atoms with van der Waals surface area (Å²) in [6.45, 7) is 12.8. The lowest BCUT2D eigenvalue weighted by Crippen LogP contribution is -2.52. The molecule has 1 fully saturated rings. The molecule has 1 saturated heterocycles. The Bertz CT molecular complexity index is 265. The number of hydrogen-bond donors (Lipinski definition) is 0. The van der Waals surface area contributed by atoms with Crippen molar-refractivity contribution >= 4 is 5.96 Å². The summed E-state index contributed by atoms with van der Waals surface area (Å²) in [5.41, 5.74) is 0.428. The molecule has 0 unspecified atom stereocenters. The van der Waals surface area contributed by atoms with Crippen LogP contribution < -0.4 is 0 Å². The molecule has 0 bridgehead atoms. The van der Waals surface area contributed by atoms with Crippen LogP contribution in [0.4, 0.5) is 0 Å². The Balaban J connectivity index is 1.95. The van der Waals surface area contributed by atoms with Crippen molar-refractivity contribution < 1.29 is 0 Å². The van der Waals surface area contributed by atoms with Crippen molar-refractivity contribution in [3.05, 3.63) is 0 Å². The predicted octanol–water partition coefficient (Wildman–Crippen LogP) is 2.19. The maximum Gasteiger partial charge on any atom is 0.196 e. The minimum absolute atomic E-state index is 0.428. The van der Waals surface area contributed by atoms with Crippen LogP contribution in [0.15, 0.2) is 4.99 Å². The fourth-order valence-corrected chi connectivity index (χ4v) is 2.39. The molecule has 0 N–H and O–H groups in total. The third kappa shape index (κ3) is 2.89. The monoisotopic (exact) mass is 223 g/mol. The molecule has 0 amide bonds. The summed E-state index contributed by atoms with van der Waals surface area (Å²) in [5, 5.41) is 0. The molecule has 0 spiro atoms. The van der Waals surface area contributed by atoms with Gasteiger partial charge in [-0.05, 0) is 24.7 Å². The first-order chi connectivity index (χ1) is 7.56. The average molecular weight is 223 g/mol. The number of fused-ring (bicyclic) bond motifs is 1. The lowest BCUT2D eigenvalue weighted by atomic mass is 9.92. The van der Waals surface area contributed by atoms with E-state index in [1.807, 2.05) is 0 Å². The Morgan fingerprint density at radius 1 is 1.12 bits per heavy atom. The second-order valence-electron chi connectivity index (χ2n) is 6.17. The normalized spacial score (nSPS) is 21.8. The zero-order valence-electron chi connectivity index (χ0n) is 11.0. The van der Waals surface area contributed by atoms with Gasteiger partial charge in [0.05, 0.1) is 0 Å². The summed E-state index contributed by atoms with van der Waals surface area (Å²) >= 11 is 0. The van der Waals surface area contributed by atoms with Gasteiger partial charge in [-0.1, -0.05) is 20.8 Å². The zero-order valence-corrected chi connectivity index (χ0v) is 11.0. The highest BCUT2D eigenvalue weighted by Gasteiger charge is 2.26. The maximum absolute atomic E-state index is 4.70. The van der Waals surface area contributed by atoms with Crippen LogP contribution in [0.1, 0.15) is 40.0 Å². The van der Waals surface area contributed by atoms with Gasteiger partial charge in [0.15, 0.2) is 5.96 Å². The van der Waals surface area contributed by atoms with Crippen LogP contribution >= 0.6 is 0 Å². The summed E-state index contributed by atoms with van der Waals surface area (Å²) in [4.78, 5) is 9.66. The molecule has 16 heavy (non-hydrogen) atoms. The van der Waals surface area contributed by atoms with E-state index in [-0.39, 0.29) is 0 Å². The van der Waals surface area contributed by atoms with E-state index >= 15 is 0 Å². The highest BCUT2D eigenvalue weighted by atomic mass is 15.4. The lowest BCUT2D eigenvalue weighted by molar-refractivity contribution is 0.221. The van der Waals surface area contributed by atoms with Crippen LogP contribution in [-0.2, 0) is 0 Å². The van der Waals surface area contributed by atoms with Crippen molar-refractivity contribution in [2.45, 2.75) is 40.0 Å². The molecule has 2 heterocycles. The second kappa shape index (κ2) is 4.64. The molecular weight excluding hydrogens is 198 g/mol. The van der Waals surface area contributed by atoms with Gasteiger partial charge in [-0.25, -0.2) is 0 Å². The number of guanidine groups is 1. The van der Waals surface area contributed by atoms with Crippen LogP contribution in [0, 0.1) is 5.41 Å². The largest absolute Gasteiger partial charge is 0.343 e. The Kier molecular flexibility index (Phi) is 3.41. The van der Waals surface area contributed by atoms with Crippen molar-refractivity contribution in [3.63, 3.8) is 0 Å². The smallest absolute Gasteiger partial charge is 0.196 e. The number of aliphatic imine (C=N–C) groups is 1. The molecule has 92 valence electrons. The molecule has 0 saturated carbocycles. The van der Waals surface area contributed by atoms with Crippen LogP contribution in [0.5, 0.6) is 0 Å². The molecule has 0 radical (unpaired) electrons. The molecule has 2 aliphatic rings. The Morgan fingerprint density at radius 3 is 2.62 bits per heavy atom. The predicted molar refractivity (Wildman–Crippen MR) is 68.8 cm³/mol. The minimum Gasteiger partial charge on any atom is -0.343 e. The van der Waals surface area contributed by atoms with Crippen molar-refractivity contribution in [2.75, 3.05) is 32.7 Å². The number of nitrogens with zero attached hydrogens (tertiary/aromatic N) is 3. The average Bonchev–Trinajstić information content (AvgIpc) is 2.25.